The van der Waals surface area contributed by atoms with Gasteiger partial charge in [0, 0.05) is 11.3 Å². The number of benzene rings is 2. The molecule has 6 heteroatoms. The van der Waals surface area contributed by atoms with Crippen molar-refractivity contribution in [1.29, 1.82) is 0 Å². The van der Waals surface area contributed by atoms with E-state index >= 15 is 0 Å². The van der Waals surface area contributed by atoms with Gasteiger partial charge in [-0.15, -0.1) is 0 Å². The van der Waals surface area contributed by atoms with Crippen LogP contribution in [0.25, 0.3) is 0 Å². The second-order valence-electron chi connectivity index (χ2n) is 5.69. The molecule has 3 aromatic rings. The fourth-order valence-electron chi connectivity index (χ4n) is 2.50. The van der Waals surface area contributed by atoms with E-state index in [-0.39, 0.29) is 5.56 Å². The van der Waals surface area contributed by atoms with Crippen LogP contribution >= 0.6 is 23.2 Å². The third-order valence-electron chi connectivity index (χ3n) is 3.68. The maximum atomic E-state index is 12.4. The van der Waals surface area contributed by atoms with Gasteiger partial charge in [0.15, 0.2) is 5.75 Å². The zero-order chi connectivity index (χ0) is 18.0. The largest absolute Gasteiger partial charge is 0.453 e. The molecule has 2 N–H and O–H groups in total. The van der Waals surface area contributed by atoms with Crippen molar-refractivity contribution in [2.24, 2.45) is 0 Å². The van der Waals surface area contributed by atoms with Gasteiger partial charge in [-0.2, -0.15) is 0 Å². The lowest BCUT2D eigenvalue weighted by atomic mass is 10.2. The van der Waals surface area contributed by atoms with Crippen molar-refractivity contribution in [3.63, 3.8) is 0 Å². The Morgan fingerprint density at radius 2 is 1.72 bits per heavy atom. The molecule has 25 heavy (non-hydrogen) atoms. The molecule has 0 atom stereocenters. The van der Waals surface area contributed by atoms with Gasteiger partial charge in [0.25, 0.3) is 5.56 Å². The number of ether oxygens (including phenoxy) is 1. The van der Waals surface area contributed by atoms with Crippen LogP contribution in [0.2, 0.25) is 10.0 Å². The van der Waals surface area contributed by atoms with Crippen molar-refractivity contribution < 1.29 is 4.74 Å². The van der Waals surface area contributed by atoms with Crippen molar-refractivity contribution >= 4 is 28.9 Å². The van der Waals surface area contributed by atoms with E-state index in [9.17, 15) is 4.79 Å². The van der Waals surface area contributed by atoms with E-state index in [1.54, 1.807) is 35.9 Å². The Balaban J connectivity index is 1.97. The molecule has 0 radical (unpaired) electrons. The molecular formula is C19H16Cl2N2O2. The molecule has 0 aliphatic rings. The molecule has 2 aromatic carbocycles. The van der Waals surface area contributed by atoms with Crippen LogP contribution in [0.1, 0.15) is 11.1 Å². The third-order valence-corrected chi connectivity index (χ3v) is 4.24. The van der Waals surface area contributed by atoms with Crippen LogP contribution in [0.5, 0.6) is 11.5 Å². The summed E-state index contributed by atoms with van der Waals surface area (Å²) in [5, 5.41) is 0.618. The third kappa shape index (κ3) is 3.98. The number of halogens is 2. The van der Waals surface area contributed by atoms with Crippen LogP contribution in [-0.2, 0) is 6.54 Å². The molecule has 0 unspecified atom stereocenters. The van der Waals surface area contributed by atoms with Crippen LogP contribution in [0.4, 0.5) is 5.69 Å². The van der Waals surface area contributed by atoms with Gasteiger partial charge in [0.05, 0.1) is 22.8 Å². The van der Waals surface area contributed by atoms with Crippen molar-refractivity contribution in [2.75, 3.05) is 5.73 Å². The van der Waals surface area contributed by atoms with Crippen molar-refractivity contribution in [3.8, 4) is 11.5 Å². The van der Waals surface area contributed by atoms with E-state index in [2.05, 4.69) is 0 Å². The molecule has 0 amide bonds. The molecule has 4 nitrogen and oxygen atoms in total. The Bertz CT molecular complexity index is 946. The van der Waals surface area contributed by atoms with Gasteiger partial charge in [-0.3, -0.25) is 4.79 Å². The standard InChI is InChI=1S/C19H16Cl2N2O2/c1-12-7-15(25-18-16(20)8-14(22)9-17(18)21)11-23(19(12)24)10-13-5-3-2-4-6-13/h2-9,11H,10,22H2,1H3. The van der Waals surface area contributed by atoms with Crippen LogP contribution in [0.3, 0.4) is 0 Å². The first-order valence-electron chi connectivity index (χ1n) is 7.61. The fraction of sp³-hybridized carbons (Fsp3) is 0.105. The summed E-state index contributed by atoms with van der Waals surface area (Å²) >= 11 is 12.3. The SMILES string of the molecule is Cc1cc(Oc2c(Cl)cc(N)cc2Cl)cn(Cc2ccccc2)c1=O. The minimum atomic E-state index is -0.0781. The van der Waals surface area contributed by atoms with Crippen LogP contribution < -0.4 is 16.0 Å². The normalized spacial score (nSPS) is 10.7. The quantitative estimate of drug-likeness (QED) is 0.661. The van der Waals surface area contributed by atoms with Gasteiger partial charge in [0.1, 0.15) is 5.75 Å². The molecule has 0 bridgehead atoms. The van der Waals surface area contributed by atoms with Crippen LogP contribution in [0, 0.1) is 6.92 Å². The van der Waals surface area contributed by atoms with Gasteiger partial charge in [-0.1, -0.05) is 53.5 Å². The maximum Gasteiger partial charge on any atom is 0.254 e. The Morgan fingerprint density at radius 1 is 1.08 bits per heavy atom. The predicted octanol–water partition coefficient (Wildman–Crippen LogP) is 4.89. The van der Waals surface area contributed by atoms with E-state index in [1.165, 1.54) is 0 Å². The lowest BCUT2D eigenvalue weighted by molar-refractivity contribution is 0.474. The molecule has 0 saturated carbocycles. The number of aromatic nitrogens is 1. The van der Waals surface area contributed by atoms with E-state index in [0.29, 0.717) is 39.3 Å². The van der Waals surface area contributed by atoms with E-state index in [4.69, 9.17) is 33.7 Å². The zero-order valence-electron chi connectivity index (χ0n) is 13.5. The molecule has 1 heterocycles. The number of anilines is 1. The average molecular weight is 375 g/mol. The number of rotatable bonds is 4. The first-order valence-corrected chi connectivity index (χ1v) is 8.37. The number of pyridine rings is 1. The molecule has 1 aromatic heterocycles. The zero-order valence-corrected chi connectivity index (χ0v) is 15.0. The molecule has 0 aliphatic carbocycles. The Hall–Kier alpha value is -2.43. The molecule has 0 fully saturated rings. The van der Waals surface area contributed by atoms with Crippen LogP contribution in [0.15, 0.2) is 59.5 Å². The van der Waals surface area contributed by atoms with Gasteiger partial charge in [0.2, 0.25) is 0 Å². The smallest absolute Gasteiger partial charge is 0.254 e. The average Bonchev–Trinajstić information content (AvgIpc) is 2.56. The molecular weight excluding hydrogens is 359 g/mol. The summed E-state index contributed by atoms with van der Waals surface area (Å²) in [4.78, 5) is 12.4. The summed E-state index contributed by atoms with van der Waals surface area (Å²) in [6.45, 7) is 2.18. The number of aryl methyl sites for hydroxylation is 1. The van der Waals surface area contributed by atoms with Crippen LogP contribution in [-0.4, -0.2) is 4.57 Å². The fourth-order valence-corrected chi connectivity index (χ4v) is 3.08. The first-order chi connectivity index (χ1) is 11.9. The summed E-state index contributed by atoms with van der Waals surface area (Å²) in [5.41, 5.74) is 7.66. The maximum absolute atomic E-state index is 12.4. The van der Waals surface area contributed by atoms with Crippen molar-refractivity contribution in [3.05, 3.63) is 86.3 Å². The monoisotopic (exact) mass is 374 g/mol. The minimum absolute atomic E-state index is 0.0781. The number of hydrogen-bond donors (Lipinski definition) is 1. The second-order valence-corrected chi connectivity index (χ2v) is 6.51. The Labute approximate surface area is 155 Å². The highest BCUT2D eigenvalue weighted by Gasteiger charge is 2.12. The number of hydrogen-bond acceptors (Lipinski definition) is 3. The van der Waals surface area contributed by atoms with E-state index in [0.717, 1.165) is 5.56 Å². The van der Waals surface area contributed by atoms with E-state index in [1.807, 2.05) is 30.3 Å². The van der Waals surface area contributed by atoms with Gasteiger partial charge < -0.3 is 15.0 Å². The minimum Gasteiger partial charge on any atom is -0.453 e. The lowest BCUT2D eigenvalue weighted by Crippen LogP contribution is -2.22. The van der Waals surface area contributed by atoms with Crippen molar-refractivity contribution in [2.45, 2.75) is 13.5 Å². The summed E-state index contributed by atoms with van der Waals surface area (Å²) in [5.74, 6) is 0.781. The number of nitrogens with zero attached hydrogens (tertiary/aromatic N) is 1. The van der Waals surface area contributed by atoms with Gasteiger partial charge >= 0.3 is 0 Å². The number of nitrogens with two attached hydrogens (primary N) is 1. The highest BCUT2D eigenvalue weighted by molar-refractivity contribution is 6.37. The highest BCUT2D eigenvalue weighted by atomic mass is 35.5. The Kier molecular flexibility index (Phi) is 5.02. The summed E-state index contributed by atoms with van der Waals surface area (Å²) < 4.78 is 7.43. The molecule has 0 saturated heterocycles. The first kappa shape index (κ1) is 17.4. The summed E-state index contributed by atoms with van der Waals surface area (Å²) in [7, 11) is 0. The molecule has 0 spiro atoms. The highest BCUT2D eigenvalue weighted by Crippen LogP contribution is 2.38. The number of nitrogen functional groups attached to an aromatic ring is 1. The molecule has 128 valence electrons. The van der Waals surface area contributed by atoms with Gasteiger partial charge in [-0.05, 0) is 30.7 Å². The second kappa shape index (κ2) is 7.21. The summed E-state index contributed by atoms with van der Waals surface area (Å²) in [6, 6.07) is 14.5. The predicted molar refractivity (Wildman–Crippen MR) is 102 cm³/mol. The Morgan fingerprint density at radius 3 is 2.36 bits per heavy atom. The van der Waals surface area contributed by atoms with Crippen molar-refractivity contribution in [1.82, 2.24) is 4.57 Å². The lowest BCUT2D eigenvalue weighted by Gasteiger charge is -2.13. The van der Waals surface area contributed by atoms with E-state index < -0.39 is 0 Å². The summed E-state index contributed by atoms with van der Waals surface area (Å²) in [6.07, 6.45) is 1.64. The molecule has 3 rings (SSSR count). The topological polar surface area (TPSA) is 57.2 Å². The molecule has 0 aliphatic heterocycles. The van der Waals surface area contributed by atoms with Gasteiger partial charge in [-0.25, -0.2) is 0 Å².